The third-order valence-electron chi connectivity index (χ3n) is 12.0. The van der Waals surface area contributed by atoms with Gasteiger partial charge in [0.05, 0.1) is 30.1 Å². The molecule has 0 saturated heterocycles. The van der Waals surface area contributed by atoms with Crippen molar-refractivity contribution >= 4 is 89.2 Å². The molecule has 0 N–H and O–H groups in total. The number of fused-ring (bicyclic) bond motifs is 8. The zero-order valence-corrected chi connectivity index (χ0v) is 34.0. The lowest BCUT2D eigenvalue weighted by Crippen LogP contribution is -2.38. The number of hydrogen-bond acceptors (Lipinski definition) is 0. The van der Waals surface area contributed by atoms with E-state index in [-0.39, 0.29) is 10.8 Å². The maximum Gasteiger partial charge on any atom is 0.0784 e. The number of nitrogens with zero attached hydrogens (tertiary/aromatic N) is 2. The quantitative estimate of drug-likeness (QED) is 0.127. The molecule has 0 unspecified atom stereocenters. The van der Waals surface area contributed by atoms with Crippen LogP contribution in [0.4, 0.5) is 0 Å². The summed E-state index contributed by atoms with van der Waals surface area (Å²) < 4.78 is 5.06. The van der Waals surface area contributed by atoms with E-state index in [9.17, 15) is 0 Å². The summed E-state index contributed by atoms with van der Waals surface area (Å²) in [5, 5.41) is 15.0. The minimum atomic E-state index is -1.81. The van der Waals surface area contributed by atoms with Gasteiger partial charge in [-0.25, -0.2) is 0 Å². The molecular weight excluding hydrogens is 669 g/mol. The van der Waals surface area contributed by atoms with Gasteiger partial charge in [0.25, 0.3) is 0 Å². The van der Waals surface area contributed by atoms with Gasteiger partial charge in [-0.05, 0) is 97.4 Å². The first-order chi connectivity index (χ1) is 25.7. The highest BCUT2D eigenvalue weighted by Crippen LogP contribution is 2.47. The Morgan fingerprint density at radius 2 is 0.981 bits per heavy atom. The van der Waals surface area contributed by atoms with Crippen LogP contribution in [-0.2, 0) is 10.8 Å². The Kier molecular flexibility index (Phi) is 6.82. The van der Waals surface area contributed by atoms with Gasteiger partial charge in [-0.3, -0.25) is 0 Å². The Morgan fingerprint density at radius 3 is 1.61 bits per heavy atom. The summed E-state index contributed by atoms with van der Waals surface area (Å²) in [5.41, 5.74) is 10.3. The zero-order valence-electron chi connectivity index (χ0n) is 33.0. The fourth-order valence-electron chi connectivity index (χ4n) is 9.33. The summed E-state index contributed by atoms with van der Waals surface area (Å²) >= 11 is 0. The summed E-state index contributed by atoms with van der Waals surface area (Å²) in [6.07, 6.45) is 0. The number of hydrogen-bond donors (Lipinski definition) is 0. The van der Waals surface area contributed by atoms with Gasteiger partial charge in [-0.2, -0.15) is 0 Å². The minimum Gasteiger partial charge on any atom is -0.309 e. The van der Waals surface area contributed by atoms with Gasteiger partial charge in [0.15, 0.2) is 0 Å². The van der Waals surface area contributed by atoms with E-state index in [1.54, 1.807) is 0 Å². The van der Waals surface area contributed by atoms with E-state index in [0.29, 0.717) is 0 Å². The lowest BCUT2D eigenvalue weighted by Gasteiger charge is -2.24. The molecule has 2 nitrogen and oxygen atoms in total. The highest BCUT2D eigenvalue weighted by atomic mass is 28.3. The number of rotatable bonds is 3. The Bertz CT molecular complexity index is 3150. The molecule has 0 fully saturated rings. The van der Waals surface area contributed by atoms with Crippen molar-refractivity contribution in [3.63, 3.8) is 0 Å². The summed E-state index contributed by atoms with van der Waals surface area (Å²) in [6, 6.07) is 48.9. The molecule has 0 aliphatic carbocycles. The number of benzene rings is 8. The number of aromatic nitrogens is 2. The molecule has 0 aliphatic heterocycles. The van der Waals surface area contributed by atoms with Crippen molar-refractivity contribution in [1.29, 1.82) is 0 Å². The third-order valence-corrected chi connectivity index (χ3v) is 14.1. The van der Waals surface area contributed by atoms with Crippen molar-refractivity contribution in [3.05, 3.63) is 139 Å². The summed E-state index contributed by atoms with van der Waals surface area (Å²) in [6.45, 7) is 21.4. The van der Waals surface area contributed by atoms with Crippen LogP contribution in [0.25, 0.3) is 87.3 Å². The van der Waals surface area contributed by atoms with Crippen LogP contribution < -0.4 is 5.19 Å². The van der Waals surface area contributed by atoms with Gasteiger partial charge in [-0.1, -0.05) is 145 Å². The van der Waals surface area contributed by atoms with Gasteiger partial charge >= 0.3 is 0 Å². The predicted octanol–water partition coefficient (Wildman–Crippen LogP) is 13.9. The van der Waals surface area contributed by atoms with Gasteiger partial charge in [0.1, 0.15) is 0 Å². The fourth-order valence-corrected chi connectivity index (χ4v) is 10.9. The van der Waals surface area contributed by atoms with Gasteiger partial charge < -0.3 is 9.13 Å². The zero-order chi connectivity index (χ0) is 37.5. The van der Waals surface area contributed by atoms with E-state index in [2.05, 4.69) is 198 Å². The molecule has 0 amide bonds. The number of para-hydroxylation sites is 2. The molecule has 0 radical (unpaired) electrons. The molecule has 8 aromatic carbocycles. The van der Waals surface area contributed by atoms with E-state index in [4.69, 9.17) is 0 Å². The highest BCUT2D eigenvalue weighted by Gasteiger charge is 2.28. The molecule has 0 spiro atoms. The van der Waals surface area contributed by atoms with Crippen LogP contribution in [0.2, 0.25) is 19.6 Å². The minimum absolute atomic E-state index is 0.0472. The average molecular weight is 717 g/mol. The Labute approximate surface area is 319 Å². The van der Waals surface area contributed by atoms with Crippen LogP contribution in [0.1, 0.15) is 52.7 Å². The fraction of sp³-hybridized carbons (Fsp3) is 0.216. The molecular formula is C51H48N2Si. The van der Waals surface area contributed by atoms with E-state index < -0.39 is 8.07 Å². The summed E-state index contributed by atoms with van der Waals surface area (Å²) in [4.78, 5) is 0. The predicted molar refractivity (Wildman–Crippen MR) is 239 cm³/mol. The highest BCUT2D eigenvalue weighted by molar-refractivity contribution is 6.90. The van der Waals surface area contributed by atoms with Crippen molar-refractivity contribution in [1.82, 2.24) is 9.13 Å². The van der Waals surface area contributed by atoms with Crippen molar-refractivity contribution in [2.24, 2.45) is 0 Å². The normalized spacial score (nSPS) is 13.3. The Balaban J connectivity index is 1.41. The van der Waals surface area contributed by atoms with Crippen molar-refractivity contribution < 1.29 is 0 Å². The molecule has 0 saturated carbocycles. The van der Waals surface area contributed by atoms with Crippen LogP contribution >= 0.6 is 0 Å². The van der Waals surface area contributed by atoms with E-state index in [0.717, 1.165) is 0 Å². The van der Waals surface area contributed by atoms with Crippen LogP contribution in [0, 0.1) is 0 Å². The Morgan fingerprint density at radius 1 is 0.407 bits per heavy atom. The molecule has 266 valence electrons. The topological polar surface area (TPSA) is 9.86 Å². The molecule has 54 heavy (non-hydrogen) atoms. The SMILES string of the molecule is CC(C)(C)c1cccc(-n2c3ccccc3c3c4ccc5c6c(cc7c8ccccc8n(-c8cccc(C(C)(C)C)c8)c75)c([Si](C)(C)C)cc(cc32)c46)c1. The molecule has 0 atom stereocenters. The first-order valence-corrected chi connectivity index (χ1v) is 23.0. The molecule has 2 heterocycles. The lowest BCUT2D eigenvalue weighted by molar-refractivity contribution is 0.589. The standard InChI is InChI=1S/C51H48N2Si/c1-50(2,3)32-16-14-18-34(28-32)52-43-23-13-11-21-37(43)47-38-24-25-39-48-41(45(54(7,8)9)27-31(46(38)48)26-44(47)52)30-40-36-20-10-12-22-42(36)53(49(39)40)35-19-15-17-33(29-35)51(4,5)6/h10-30H,1-9H3. The summed E-state index contributed by atoms with van der Waals surface area (Å²) in [5.74, 6) is 0. The third kappa shape index (κ3) is 4.70. The van der Waals surface area contributed by atoms with Gasteiger partial charge in [-0.15, -0.1) is 0 Å². The summed E-state index contributed by atoms with van der Waals surface area (Å²) in [7, 11) is -1.81. The first kappa shape index (κ1) is 33.2. The maximum atomic E-state index is 2.57. The van der Waals surface area contributed by atoms with Gasteiger partial charge in [0, 0.05) is 38.3 Å². The van der Waals surface area contributed by atoms with Crippen LogP contribution in [0.5, 0.6) is 0 Å². The first-order valence-electron chi connectivity index (χ1n) is 19.5. The van der Waals surface area contributed by atoms with Crippen LogP contribution in [-0.4, -0.2) is 17.2 Å². The van der Waals surface area contributed by atoms with E-state index >= 15 is 0 Å². The van der Waals surface area contributed by atoms with Gasteiger partial charge in [0.2, 0.25) is 0 Å². The second-order valence-corrected chi connectivity index (χ2v) is 23.7. The molecule has 0 aliphatic rings. The van der Waals surface area contributed by atoms with E-state index in [1.807, 2.05) is 0 Å². The monoisotopic (exact) mass is 716 g/mol. The molecule has 2 aromatic heterocycles. The maximum absolute atomic E-state index is 2.57. The Hall–Kier alpha value is -5.38. The average Bonchev–Trinajstić information content (AvgIpc) is 3.65. The molecule has 3 heteroatoms. The largest absolute Gasteiger partial charge is 0.309 e. The van der Waals surface area contributed by atoms with Crippen LogP contribution in [0.15, 0.2) is 127 Å². The van der Waals surface area contributed by atoms with Crippen molar-refractivity contribution in [2.75, 3.05) is 0 Å². The second-order valence-electron chi connectivity index (χ2n) is 18.7. The smallest absolute Gasteiger partial charge is 0.0784 e. The van der Waals surface area contributed by atoms with E-state index in [1.165, 1.54) is 104 Å². The van der Waals surface area contributed by atoms with Crippen LogP contribution in [0.3, 0.4) is 0 Å². The van der Waals surface area contributed by atoms with Crippen molar-refractivity contribution in [2.45, 2.75) is 72.0 Å². The molecule has 0 bridgehead atoms. The molecule has 10 rings (SSSR count). The lowest BCUT2D eigenvalue weighted by atomic mass is 9.87. The second kappa shape index (κ2) is 11.1. The molecule has 10 aromatic rings. The van der Waals surface area contributed by atoms with Crippen molar-refractivity contribution in [3.8, 4) is 11.4 Å².